The van der Waals surface area contributed by atoms with E-state index in [4.69, 9.17) is 0 Å². The van der Waals surface area contributed by atoms with Crippen molar-refractivity contribution in [2.24, 2.45) is 0 Å². The number of nitrogens with one attached hydrogen (secondary N) is 2. The SMILES string of the molecule is Cc1ccc(-c2csc(NC(=O)c3ccc(C(=O)Nc4nc(-c5ccc(C)cc5)cs4)s3)n2)cc1. The van der Waals surface area contributed by atoms with Crippen molar-refractivity contribution in [2.45, 2.75) is 13.8 Å². The Hall–Kier alpha value is -3.66. The molecule has 0 aliphatic rings. The first kappa shape index (κ1) is 23.1. The molecule has 2 N–H and O–H groups in total. The molecule has 0 radical (unpaired) electrons. The average Bonchev–Trinajstić information content (AvgIpc) is 3.61. The topological polar surface area (TPSA) is 84.0 Å². The van der Waals surface area contributed by atoms with Crippen LogP contribution in [0.15, 0.2) is 71.4 Å². The normalized spacial score (nSPS) is 10.8. The summed E-state index contributed by atoms with van der Waals surface area (Å²) in [7, 11) is 0. The van der Waals surface area contributed by atoms with Crippen LogP contribution in [0.1, 0.15) is 30.5 Å². The van der Waals surface area contributed by atoms with Crippen molar-refractivity contribution < 1.29 is 9.59 Å². The maximum absolute atomic E-state index is 12.7. The molecule has 0 unspecified atom stereocenters. The molecule has 35 heavy (non-hydrogen) atoms. The Bertz CT molecular complexity index is 1390. The fraction of sp³-hybridized carbons (Fsp3) is 0.0769. The van der Waals surface area contributed by atoms with Crippen molar-refractivity contribution >= 4 is 56.1 Å². The minimum atomic E-state index is -0.297. The van der Waals surface area contributed by atoms with Crippen molar-refractivity contribution in [3.8, 4) is 22.5 Å². The molecule has 0 bridgehead atoms. The maximum atomic E-state index is 12.7. The van der Waals surface area contributed by atoms with Crippen molar-refractivity contribution in [2.75, 3.05) is 10.6 Å². The maximum Gasteiger partial charge on any atom is 0.267 e. The fourth-order valence-corrected chi connectivity index (χ4v) is 5.50. The number of carbonyl (C=O) groups is 2. The monoisotopic (exact) mass is 516 g/mol. The van der Waals surface area contributed by atoms with E-state index in [1.807, 2.05) is 73.1 Å². The van der Waals surface area contributed by atoms with Crippen LogP contribution in [-0.2, 0) is 0 Å². The highest BCUT2D eigenvalue weighted by atomic mass is 32.1. The first-order chi connectivity index (χ1) is 16.9. The number of carbonyl (C=O) groups excluding carboxylic acids is 2. The van der Waals surface area contributed by atoms with Crippen LogP contribution in [0, 0.1) is 13.8 Å². The summed E-state index contributed by atoms with van der Waals surface area (Å²) in [6, 6.07) is 19.4. The Morgan fingerprint density at radius 3 is 1.43 bits per heavy atom. The van der Waals surface area contributed by atoms with Crippen LogP contribution < -0.4 is 10.6 Å². The van der Waals surface area contributed by atoms with Crippen molar-refractivity contribution in [3.05, 3.63) is 92.3 Å². The number of rotatable bonds is 6. The van der Waals surface area contributed by atoms with Crippen molar-refractivity contribution in [1.29, 1.82) is 0 Å². The van der Waals surface area contributed by atoms with Crippen LogP contribution in [0.25, 0.3) is 22.5 Å². The van der Waals surface area contributed by atoms with Crippen LogP contribution in [-0.4, -0.2) is 21.8 Å². The van der Waals surface area contributed by atoms with Gasteiger partial charge in [0.25, 0.3) is 11.8 Å². The summed E-state index contributed by atoms with van der Waals surface area (Å²) in [6.45, 7) is 4.07. The lowest BCUT2D eigenvalue weighted by molar-refractivity contribution is 0.102. The molecule has 5 aromatic rings. The zero-order valence-corrected chi connectivity index (χ0v) is 21.3. The Morgan fingerprint density at radius 1 is 0.629 bits per heavy atom. The number of hydrogen-bond donors (Lipinski definition) is 2. The highest BCUT2D eigenvalue weighted by Crippen LogP contribution is 2.28. The van der Waals surface area contributed by atoms with E-state index >= 15 is 0 Å². The summed E-state index contributed by atoms with van der Waals surface area (Å²) in [5.74, 6) is -0.593. The number of amides is 2. The van der Waals surface area contributed by atoms with E-state index < -0.39 is 0 Å². The van der Waals surface area contributed by atoms with Crippen LogP contribution in [0.5, 0.6) is 0 Å². The van der Waals surface area contributed by atoms with Gasteiger partial charge in [-0.2, -0.15) is 0 Å². The Labute approximate surface area is 214 Å². The summed E-state index contributed by atoms with van der Waals surface area (Å²) < 4.78 is 0. The van der Waals surface area contributed by atoms with Crippen molar-refractivity contribution in [3.63, 3.8) is 0 Å². The van der Waals surface area contributed by atoms with Gasteiger partial charge in [-0.25, -0.2) is 9.97 Å². The summed E-state index contributed by atoms with van der Waals surface area (Å²) in [4.78, 5) is 35.3. The van der Waals surface area contributed by atoms with Gasteiger partial charge in [-0.05, 0) is 26.0 Å². The molecule has 9 heteroatoms. The van der Waals surface area contributed by atoms with Crippen LogP contribution in [0.3, 0.4) is 0 Å². The first-order valence-electron chi connectivity index (χ1n) is 10.7. The van der Waals surface area contributed by atoms with Gasteiger partial charge in [0.1, 0.15) is 0 Å². The zero-order valence-electron chi connectivity index (χ0n) is 18.9. The number of benzene rings is 2. The number of nitrogens with zero attached hydrogens (tertiary/aromatic N) is 2. The average molecular weight is 517 g/mol. The van der Waals surface area contributed by atoms with Gasteiger partial charge in [0, 0.05) is 21.9 Å². The molecule has 2 aromatic carbocycles. The van der Waals surface area contributed by atoms with E-state index in [9.17, 15) is 9.59 Å². The molecule has 3 heterocycles. The lowest BCUT2D eigenvalue weighted by atomic mass is 10.1. The van der Waals surface area contributed by atoms with Gasteiger partial charge < -0.3 is 0 Å². The quantitative estimate of drug-likeness (QED) is 0.252. The highest BCUT2D eigenvalue weighted by molar-refractivity contribution is 7.17. The summed E-state index contributed by atoms with van der Waals surface area (Å²) >= 11 is 3.85. The van der Waals surface area contributed by atoms with Crippen LogP contribution in [0.4, 0.5) is 10.3 Å². The van der Waals surface area contributed by atoms with Gasteiger partial charge in [-0.15, -0.1) is 34.0 Å². The number of thiophene rings is 1. The molecule has 5 rings (SSSR count). The minimum absolute atomic E-state index is 0.297. The van der Waals surface area contributed by atoms with E-state index in [1.54, 1.807) is 12.1 Å². The molecule has 174 valence electrons. The predicted octanol–water partition coefficient (Wildman–Crippen LogP) is 7.12. The standard InChI is InChI=1S/C26H20N4O2S3/c1-15-3-7-17(8-4-15)19-13-33-25(27-19)29-23(31)21-11-12-22(35-21)24(32)30-26-28-20(14-34-26)18-9-5-16(2)6-10-18/h3-14H,1-2H3,(H,27,29,31)(H,28,30,32). The number of aryl methyl sites for hydroxylation is 2. The predicted molar refractivity (Wildman–Crippen MR) is 145 cm³/mol. The summed E-state index contributed by atoms with van der Waals surface area (Å²) in [5.41, 5.74) is 5.97. The largest absolute Gasteiger partial charge is 0.297 e. The third-order valence-electron chi connectivity index (χ3n) is 5.20. The highest BCUT2D eigenvalue weighted by Gasteiger charge is 2.17. The lowest BCUT2D eigenvalue weighted by Gasteiger charge is -2.00. The molecular formula is C26H20N4O2S3. The van der Waals surface area contributed by atoms with Gasteiger partial charge in [0.15, 0.2) is 10.3 Å². The van der Waals surface area contributed by atoms with Gasteiger partial charge in [0.2, 0.25) is 0 Å². The smallest absolute Gasteiger partial charge is 0.267 e. The number of anilines is 2. The Morgan fingerprint density at radius 2 is 1.03 bits per heavy atom. The molecule has 0 fully saturated rings. The van der Waals surface area contributed by atoms with E-state index in [0.29, 0.717) is 20.0 Å². The van der Waals surface area contributed by atoms with E-state index in [1.165, 1.54) is 33.8 Å². The van der Waals surface area contributed by atoms with Gasteiger partial charge >= 0.3 is 0 Å². The first-order valence-corrected chi connectivity index (χ1v) is 13.3. The lowest BCUT2D eigenvalue weighted by Crippen LogP contribution is -2.11. The second kappa shape index (κ2) is 9.91. The molecule has 0 saturated carbocycles. The second-order valence-corrected chi connectivity index (χ2v) is 10.7. The molecular weight excluding hydrogens is 497 g/mol. The molecule has 2 amide bonds. The summed E-state index contributed by atoms with van der Waals surface area (Å²) in [5, 5.41) is 10.5. The van der Waals surface area contributed by atoms with Gasteiger partial charge in [-0.3, -0.25) is 20.2 Å². The third-order valence-corrected chi connectivity index (χ3v) is 7.80. The Balaban J connectivity index is 1.22. The minimum Gasteiger partial charge on any atom is -0.297 e. The second-order valence-electron chi connectivity index (χ2n) is 7.88. The molecule has 0 spiro atoms. The van der Waals surface area contributed by atoms with Gasteiger partial charge in [0.05, 0.1) is 21.1 Å². The molecule has 3 aromatic heterocycles. The Kier molecular flexibility index (Phi) is 6.54. The zero-order chi connectivity index (χ0) is 24.4. The van der Waals surface area contributed by atoms with E-state index in [2.05, 4.69) is 20.6 Å². The molecule has 6 nitrogen and oxygen atoms in total. The number of hydrogen-bond acceptors (Lipinski definition) is 7. The van der Waals surface area contributed by atoms with Gasteiger partial charge in [-0.1, -0.05) is 59.7 Å². The summed E-state index contributed by atoms with van der Waals surface area (Å²) in [6.07, 6.45) is 0. The third kappa shape index (κ3) is 5.37. The van der Waals surface area contributed by atoms with E-state index in [0.717, 1.165) is 33.9 Å². The van der Waals surface area contributed by atoms with Crippen LogP contribution >= 0.6 is 34.0 Å². The molecule has 0 saturated heterocycles. The number of thiazole rings is 2. The molecule has 0 aliphatic heterocycles. The van der Waals surface area contributed by atoms with Crippen molar-refractivity contribution in [1.82, 2.24) is 9.97 Å². The van der Waals surface area contributed by atoms with E-state index in [-0.39, 0.29) is 11.8 Å². The number of aromatic nitrogens is 2. The molecule has 0 aliphatic carbocycles. The van der Waals surface area contributed by atoms with Crippen LogP contribution in [0.2, 0.25) is 0 Å². The molecule has 0 atom stereocenters. The fourth-order valence-electron chi connectivity index (χ4n) is 3.28.